The number of carbonyl (C=O) groups is 1. The third-order valence-electron chi connectivity index (χ3n) is 5.61. The van der Waals surface area contributed by atoms with Crippen LogP contribution in [0, 0.1) is 12.8 Å². The lowest BCUT2D eigenvalue weighted by Crippen LogP contribution is -2.48. The van der Waals surface area contributed by atoms with Crippen molar-refractivity contribution in [1.29, 1.82) is 0 Å². The Labute approximate surface area is 154 Å². The number of likely N-dealkylation sites (tertiary alicyclic amines) is 1. The summed E-state index contributed by atoms with van der Waals surface area (Å²) in [7, 11) is 0. The van der Waals surface area contributed by atoms with Gasteiger partial charge in [-0.05, 0) is 44.1 Å². The number of aromatic nitrogens is 3. The fraction of sp³-hybridized carbons (Fsp3) is 0.600. The molecule has 1 amide bonds. The van der Waals surface area contributed by atoms with Crippen molar-refractivity contribution < 1.29 is 9.32 Å². The molecule has 1 spiro atoms. The summed E-state index contributed by atoms with van der Waals surface area (Å²) in [6.07, 6.45) is 6.88. The first-order valence-electron chi connectivity index (χ1n) is 9.55. The highest BCUT2D eigenvalue weighted by Crippen LogP contribution is 2.44. The highest BCUT2D eigenvalue weighted by Gasteiger charge is 2.45. The zero-order valence-corrected chi connectivity index (χ0v) is 15.8. The quantitative estimate of drug-likeness (QED) is 0.847. The van der Waals surface area contributed by atoms with Crippen LogP contribution in [-0.2, 0) is 18.3 Å². The van der Waals surface area contributed by atoms with E-state index in [4.69, 9.17) is 9.51 Å². The zero-order valence-electron chi connectivity index (χ0n) is 15.8. The molecule has 0 bridgehead atoms. The second kappa shape index (κ2) is 6.49. The first-order valence-corrected chi connectivity index (χ1v) is 9.55. The Bertz CT molecular complexity index is 825. The molecule has 6 nitrogen and oxygen atoms in total. The fourth-order valence-corrected chi connectivity index (χ4v) is 4.41. The van der Waals surface area contributed by atoms with Crippen LogP contribution < -0.4 is 0 Å². The molecule has 138 valence electrons. The zero-order chi connectivity index (χ0) is 18.3. The van der Waals surface area contributed by atoms with E-state index in [-0.39, 0.29) is 11.3 Å². The van der Waals surface area contributed by atoms with Crippen LogP contribution in [0.5, 0.6) is 0 Å². The molecule has 2 aromatic heterocycles. The largest absolute Gasteiger partial charge is 0.361 e. The van der Waals surface area contributed by atoms with E-state index >= 15 is 0 Å². The minimum Gasteiger partial charge on any atom is -0.361 e. The van der Waals surface area contributed by atoms with Crippen LogP contribution in [0.15, 0.2) is 16.8 Å². The van der Waals surface area contributed by atoms with Crippen LogP contribution in [0.3, 0.4) is 0 Å². The van der Waals surface area contributed by atoms with E-state index < -0.39 is 0 Å². The second-order valence-corrected chi connectivity index (χ2v) is 8.18. The van der Waals surface area contributed by atoms with Crippen molar-refractivity contribution in [3.63, 3.8) is 0 Å². The molecule has 0 radical (unpaired) electrons. The van der Waals surface area contributed by atoms with Crippen LogP contribution in [0.1, 0.15) is 66.4 Å². The van der Waals surface area contributed by atoms with Crippen LogP contribution in [0.2, 0.25) is 0 Å². The number of hydrogen-bond donors (Lipinski definition) is 0. The summed E-state index contributed by atoms with van der Waals surface area (Å²) in [5.41, 5.74) is 2.80. The molecule has 1 unspecified atom stereocenters. The molecule has 1 saturated heterocycles. The van der Waals surface area contributed by atoms with Crippen LogP contribution in [0.4, 0.5) is 0 Å². The summed E-state index contributed by atoms with van der Waals surface area (Å²) in [5.74, 6) is 2.04. The maximum absolute atomic E-state index is 13.0. The minimum atomic E-state index is -0.0263. The van der Waals surface area contributed by atoms with Gasteiger partial charge in [0.1, 0.15) is 11.6 Å². The average molecular weight is 354 g/mol. The summed E-state index contributed by atoms with van der Waals surface area (Å²) in [5, 5.41) is 4.03. The molecule has 3 heterocycles. The number of fused-ring (bicyclic) bond motifs is 2. The number of rotatable bonds is 3. The summed E-state index contributed by atoms with van der Waals surface area (Å²) >= 11 is 0. The highest BCUT2D eigenvalue weighted by atomic mass is 16.5. The highest BCUT2D eigenvalue weighted by molar-refractivity contribution is 5.92. The lowest BCUT2D eigenvalue weighted by Gasteiger charge is -2.40. The Morgan fingerprint density at radius 3 is 3.04 bits per heavy atom. The first-order chi connectivity index (χ1) is 12.5. The van der Waals surface area contributed by atoms with Crippen LogP contribution in [0.25, 0.3) is 0 Å². The van der Waals surface area contributed by atoms with Gasteiger partial charge in [0.25, 0.3) is 5.91 Å². The normalized spacial score (nSPS) is 22.2. The summed E-state index contributed by atoms with van der Waals surface area (Å²) in [4.78, 5) is 24.0. The number of carbonyl (C=O) groups excluding carboxylic acids is 1. The predicted molar refractivity (Wildman–Crippen MR) is 97.0 cm³/mol. The molecule has 0 N–H and O–H groups in total. The molecule has 6 heteroatoms. The van der Waals surface area contributed by atoms with E-state index in [1.807, 2.05) is 18.0 Å². The van der Waals surface area contributed by atoms with Gasteiger partial charge in [0.15, 0.2) is 5.69 Å². The van der Waals surface area contributed by atoms with E-state index in [0.29, 0.717) is 18.2 Å². The molecule has 2 aromatic rings. The van der Waals surface area contributed by atoms with Crippen molar-refractivity contribution in [2.75, 3.05) is 13.1 Å². The molecule has 0 aromatic carbocycles. The number of nitrogens with zero attached hydrogens (tertiary/aromatic N) is 4. The predicted octanol–water partition coefficient (Wildman–Crippen LogP) is 3.09. The van der Waals surface area contributed by atoms with Gasteiger partial charge >= 0.3 is 0 Å². The van der Waals surface area contributed by atoms with Gasteiger partial charge in [-0.2, -0.15) is 0 Å². The lowest BCUT2D eigenvalue weighted by molar-refractivity contribution is 0.0623. The topological polar surface area (TPSA) is 72.1 Å². The number of piperidine rings is 1. The van der Waals surface area contributed by atoms with E-state index in [0.717, 1.165) is 55.9 Å². The maximum atomic E-state index is 13.0. The molecular weight excluding hydrogens is 328 g/mol. The van der Waals surface area contributed by atoms with Gasteiger partial charge in [-0.15, -0.1) is 0 Å². The van der Waals surface area contributed by atoms with E-state index in [9.17, 15) is 4.79 Å². The Morgan fingerprint density at radius 1 is 1.38 bits per heavy atom. The van der Waals surface area contributed by atoms with Gasteiger partial charge in [0.05, 0.1) is 5.69 Å². The molecule has 2 aliphatic rings. The van der Waals surface area contributed by atoms with Crippen LogP contribution in [-0.4, -0.2) is 39.0 Å². The smallest absolute Gasteiger partial charge is 0.276 e. The maximum Gasteiger partial charge on any atom is 0.276 e. The van der Waals surface area contributed by atoms with Gasteiger partial charge in [-0.3, -0.25) is 4.79 Å². The summed E-state index contributed by atoms with van der Waals surface area (Å²) in [6.45, 7) is 7.66. The van der Waals surface area contributed by atoms with Crippen molar-refractivity contribution in [3.05, 3.63) is 40.8 Å². The molecule has 1 aliphatic carbocycles. The molecular formula is C20H26N4O2. The summed E-state index contributed by atoms with van der Waals surface area (Å²) < 4.78 is 5.36. The molecule has 1 aliphatic heterocycles. The van der Waals surface area contributed by atoms with Crippen molar-refractivity contribution in [3.8, 4) is 0 Å². The minimum absolute atomic E-state index is 0.0259. The van der Waals surface area contributed by atoms with E-state index in [1.165, 1.54) is 5.56 Å². The SMILES string of the molecule is Cc1ncc2c(n1)C1(CCCN(C(=O)c3cc(CC(C)C)on3)C1)CC2. The van der Waals surface area contributed by atoms with E-state index in [2.05, 4.69) is 24.0 Å². The van der Waals surface area contributed by atoms with Gasteiger partial charge in [-0.1, -0.05) is 19.0 Å². The molecule has 1 atom stereocenters. The standard InChI is InChI=1S/C20H26N4O2/c1-13(2)9-16-10-17(23-26-16)19(25)24-8-4-6-20(12-24)7-5-15-11-21-14(3)22-18(15)20/h10-11,13H,4-9,12H2,1-3H3. The number of amides is 1. The fourth-order valence-electron chi connectivity index (χ4n) is 4.41. The molecule has 1 fully saturated rings. The van der Waals surface area contributed by atoms with Crippen molar-refractivity contribution in [1.82, 2.24) is 20.0 Å². The average Bonchev–Trinajstić information content (AvgIpc) is 3.20. The molecule has 4 rings (SSSR count). The van der Waals surface area contributed by atoms with Gasteiger partial charge < -0.3 is 9.42 Å². The van der Waals surface area contributed by atoms with Crippen molar-refractivity contribution >= 4 is 5.91 Å². The van der Waals surface area contributed by atoms with Crippen LogP contribution >= 0.6 is 0 Å². The third kappa shape index (κ3) is 3.02. The van der Waals surface area contributed by atoms with Gasteiger partial charge in [0.2, 0.25) is 0 Å². The molecule has 26 heavy (non-hydrogen) atoms. The van der Waals surface area contributed by atoms with Crippen molar-refractivity contribution in [2.45, 2.75) is 58.3 Å². The Morgan fingerprint density at radius 2 is 2.23 bits per heavy atom. The molecule has 0 saturated carbocycles. The number of hydrogen-bond acceptors (Lipinski definition) is 5. The van der Waals surface area contributed by atoms with Gasteiger partial charge in [-0.25, -0.2) is 9.97 Å². The Balaban J connectivity index is 1.55. The lowest BCUT2D eigenvalue weighted by atomic mass is 9.77. The van der Waals surface area contributed by atoms with Gasteiger partial charge in [0, 0.05) is 37.2 Å². The number of aryl methyl sites for hydroxylation is 2. The van der Waals surface area contributed by atoms with E-state index in [1.54, 1.807) is 6.07 Å². The first kappa shape index (κ1) is 17.2. The Hall–Kier alpha value is -2.24. The summed E-state index contributed by atoms with van der Waals surface area (Å²) in [6, 6.07) is 1.80. The monoisotopic (exact) mass is 354 g/mol. The third-order valence-corrected chi connectivity index (χ3v) is 5.61. The van der Waals surface area contributed by atoms with Crippen molar-refractivity contribution in [2.24, 2.45) is 5.92 Å². The second-order valence-electron chi connectivity index (χ2n) is 8.18. The Kier molecular flexibility index (Phi) is 4.29.